The Morgan fingerprint density at radius 3 is 2.66 bits per heavy atom. The number of anilines is 1. The van der Waals surface area contributed by atoms with Crippen LogP contribution >= 0.6 is 0 Å². The third-order valence-corrected chi connectivity index (χ3v) is 6.97. The van der Waals surface area contributed by atoms with Gasteiger partial charge in [-0.2, -0.15) is 0 Å². The summed E-state index contributed by atoms with van der Waals surface area (Å²) in [5, 5.41) is 13.7. The maximum Gasteiger partial charge on any atom is 0.341 e. The number of nitrogens with two attached hydrogens (primary N) is 1. The molecule has 1 atom stereocenters. The molecule has 200 valence electrons. The van der Waals surface area contributed by atoms with Crippen molar-refractivity contribution >= 4 is 28.3 Å². The number of aromatic carboxylic acids is 1. The van der Waals surface area contributed by atoms with Crippen LogP contribution in [0.1, 0.15) is 41.2 Å². The summed E-state index contributed by atoms with van der Waals surface area (Å²) in [6, 6.07) is 8.08. The molecule has 1 saturated heterocycles. The molecule has 38 heavy (non-hydrogen) atoms. The monoisotopic (exact) mass is 524 g/mol. The normalized spacial score (nSPS) is 18.6. The van der Waals surface area contributed by atoms with E-state index in [1.807, 2.05) is 24.3 Å². The largest absolute Gasteiger partial charge is 0.496 e. The molecule has 3 aromatic rings. The zero-order chi connectivity index (χ0) is 27.0. The van der Waals surface area contributed by atoms with Crippen molar-refractivity contribution in [3.63, 3.8) is 0 Å². The van der Waals surface area contributed by atoms with Crippen LogP contribution in [0.15, 0.2) is 46.5 Å². The van der Waals surface area contributed by atoms with E-state index < -0.39 is 28.8 Å². The van der Waals surface area contributed by atoms with Gasteiger partial charge < -0.3 is 34.6 Å². The Kier molecular flexibility index (Phi) is 6.94. The molecule has 2 heterocycles. The van der Waals surface area contributed by atoms with Crippen LogP contribution in [-0.2, 0) is 11.4 Å². The van der Waals surface area contributed by atoms with Crippen molar-refractivity contribution in [1.29, 1.82) is 0 Å². The van der Waals surface area contributed by atoms with E-state index in [0.717, 1.165) is 24.5 Å². The minimum Gasteiger partial charge on any atom is -0.496 e. The maximum absolute atomic E-state index is 15.6. The van der Waals surface area contributed by atoms with Gasteiger partial charge >= 0.3 is 5.97 Å². The van der Waals surface area contributed by atoms with Crippen LogP contribution in [0.3, 0.4) is 0 Å². The number of ether oxygens (including phenoxy) is 2. The van der Waals surface area contributed by atoms with Gasteiger partial charge in [-0.05, 0) is 25.0 Å². The summed E-state index contributed by atoms with van der Waals surface area (Å²) < 4.78 is 28.3. The molecule has 0 radical (unpaired) electrons. The van der Waals surface area contributed by atoms with Crippen molar-refractivity contribution in [2.75, 3.05) is 32.2 Å². The fourth-order valence-electron chi connectivity index (χ4n) is 4.92. The highest BCUT2D eigenvalue weighted by Gasteiger charge is 2.33. The lowest BCUT2D eigenvalue weighted by molar-refractivity contribution is 0.0694. The molecule has 10 nitrogen and oxygen atoms in total. The van der Waals surface area contributed by atoms with E-state index in [4.69, 9.17) is 20.0 Å². The lowest BCUT2D eigenvalue weighted by Crippen LogP contribution is -2.49. The predicted molar refractivity (Wildman–Crippen MR) is 140 cm³/mol. The van der Waals surface area contributed by atoms with Gasteiger partial charge in [0.05, 0.1) is 36.9 Å². The molecule has 1 aliphatic carbocycles. The van der Waals surface area contributed by atoms with E-state index in [-0.39, 0.29) is 36.0 Å². The van der Waals surface area contributed by atoms with Crippen molar-refractivity contribution in [2.24, 2.45) is 10.9 Å². The number of methoxy groups -OCH3 is 2. The Bertz CT molecular complexity index is 1480. The van der Waals surface area contributed by atoms with Crippen molar-refractivity contribution in [3.8, 4) is 11.5 Å². The highest BCUT2D eigenvalue weighted by molar-refractivity contribution is 5.98. The Labute approximate surface area is 218 Å². The molecule has 1 aliphatic heterocycles. The van der Waals surface area contributed by atoms with Crippen LogP contribution in [0.4, 0.5) is 10.1 Å². The van der Waals surface area contributed by atoms with Crippen LogP contribution in [0, 0.1) is 5.82 Å². The topological polar surface area (TPSA) is 129 Å². The number of carbonyl (C=O) groups is 1. The average Bonchev–Trinajstić information content (AvgIpc) is 3.75. The highest BCUT2D eigenvalue weighted by Crippen LogP contribution is 2.44. The van der Waals surface area contributed by atoms with Gasteiger partial charge in [-0.15, -0.1) is 0 Å². The van der Waals surface area contributed by atoms with E-state index in [9.17, 15) is 14.7 Å². The molecule has 1 saturated carbocycles. The van der Waals surface area contributed by atoms with Gasteiger partial charge in [0.25, 0.3) is 0 Å². The van der Waals surface area contributed by atoms with Gasteiger partial charge in [-0.1, -0.05) is 23.4 Å². The number of benzene rings is 2. The van der Waals surface area contributed by atoms with E-state index in [0.29, 0.717) is 29.9 Å². The van der Waals surface area contributed by atoms with Crippen LogP contribution in [0.25, 0.3) is 10.9 Å². The van der Waals surface area contributed by atoms with Crippen molar-refractivity contribution in [1.82, 2.24) is 4.57 Å². The van der Waals surface area contributed by atoms with Gasteiger partial charge in [0.1, 0.15) is 23.6 Å². The first-order valence-corrected chi connectivity index (χ1v) is 12.3. The van der Waals surface area contributed by atoms with E-state index in [1.54, 1.807) is 16.6 Å². The van der Waals surface area contributed by atoms with Gasteiger partial charge in [0.15, 0.2) is 11.6 Å². The number of oxime groups is 1. The molecule has 0 amide bonds. The summed E-state index contributed by atoms with van der Waals surface area (Å²) in [5.41, 5.74) is 7.32. The zero-order valence-corrected chi connectivity index (χ0v) is 21.1. The average molecular weight is 525 g/mol. The number of piperidine rings is 1. The molecule has 11 heteroatoms. The van der Waals surface area contributed by atoms with Crippen LogP contribution < -0.4 is 25.5 Å². The first-order chi connectivity index (χ1) is 18.3. The fraction of sp³-hybridized carbons (Fsp3) is 0.370. The number of carboxylic acid groups (broad SMARTS) is 1. The first kappa shape index (κ1) is 25.5. The second-order valence-electron chi connectivity index (χ2n) is 9.42. The van der Waals surface area contributed by atoms with Gasteiger partial charge in [-0.25, -0.2) is 9.18 Å². The molecule has 2 aromatic carbocycles. The predicted octanol–water partition coefficient (Wildman–Crippen LogP) is 3.30. The Balaban J connectivity index is 1.44. The zero-order valence-electron chi connectivity index (χ0n) is 21.1. The molecule has 0 bridgehead atoms. The highest BCUT2D eigenvalue weighted by atomic mass is 19.1. The number of fused-ring (bicyclic) bond motifs is 1. The van der Waals surface area contributed by atoms with E-state index in [2.05, 4.69) is 5.16 Å². The number of aromatic nitrogens is 1. The van der Waals surface area contributed by atoms with Crippen LogP contribution in [0.5, 0.6) is 11.5 Å². The lowest BCUT2D eigenvalue weighted by Gasteiger charge is -2.34. The molecule has 2 aliphatic rings. The van der Waals surface area contributed by atoms with Crippen molar-refractivity contribution < 1.29 is 28.6 Å². The molecule has 2 fully saturated rings. The standard InChI is InChI=1S/C27H29FN4O6/c1-36-22-6-4-3-5-15(22)14-38-30-21-9-10-31(13-20(21)29)24-19(28)11-17-23(26(24)37-2)32(16-7-8-16)12-18(25(17)33)27(34)35/h3-6,11-12,16,20H,7-10,13-14,29H2,1-2H3,(H,34,35)/b30-21+. The number of hydrogen-bond acceptors (Lipinski definition) is 8. The summed E-state index contributed by atoms with van der Waals surface area (Å²) in [5.74, 6) is -1.15. The quantitative estimate of drug-likeness (QED) is 0.430. The van der Waals surface area contributed by atoms with E-state index in [1.165, 1.54) is 13.3 Å². The number of rotatable bonds is 8. The van der Waals surface area contributed by atoms with Crippen LogP contribution in [-0.4, -0.2) is 54.7 Å². The lowest BCUT2D eigenvalue weighted by atomic mass is 10.0. The maximum atomic E-state index is 15.6. The number of pyridine rings is 1. The molecular formula is C27H29FN4O6. The van der Waals surface area contributed by atoms with Gasteiger partial charge in [-0.3, -0.25) is 4.79 Å². The number of carboxylic acids is 1. The number of nitrogens with zero attached hydrogens (tertiary/aromatic N) is 3. The molecule has 3 N–H and O–H groups in total. The fourth-order valence-corrected chi connectivity index (χ4v) is 4.92. The molecule has 1 unspecified atom stereocenters. The van der Waals surface area contributed by atoms with E-state index >= 15 is 4.39 Å². The first-order valence-electron chi connectivity index (χ1n) is 12.3. The summed E-state index contributed by atoms with van der Waals surface area (Å²) in [6.45, 7) is 0.856. The smallest absolute Gasteiger partial charge is 0.341 e. The number of hydrogen-bond donors (Lipinski definition) is 2. The summed E-state index contributed by atoms with van der Waals surface area (Å²) in [4.78, 5) is 31.9. The third kappa shape index (κ3) is 4.65. The summed E-state index contributed by atoms with van der Waals surface area (Å²) in [7, 11) is 3.00. The SMILES string of the molecule is COc1ccccc1CO/N=C1\CCN(c2c(F)cc3c(=O)c(C(=O)O)cn(C4CC4)c3c2OC)CC1N. The van der Waals surface area contributed by atoms with Crippen molar-refractivity contribution in [3.05, 3.63) is 63.7 Å². The van der Waals surface area contributed by atoms with Gasteiger partial charge in [0, 0.05) is 37.3 Å². The van der Waals surface area contributed by atoms with Gasteiger partial charge in [0.2, 0.25) is 5.43 Å². The van der Waals surface area contributed by atoms with Crippen LogP contribution in [0.2, 0.25) is 0 Å². The molecule has 5 rings (SSSR count). The second kappa shape index (κ2) is 10.3. The summed E-state index contributed by atoms with van der Waals surface area (Å²) >= 11 is 0. The third-order valence-electron chi connectivity index (χ3n) is 6.97. The Morgan fingerprint density at radius 2 is 2.00 bits per heavy atom. The second-order valence-corrected chi connectivity index (χ2v) is 9.42. The minimum absolute atomic E-state index is 0.0196. The minimum atomic E-state index is -1.35. The molecule has 0 spiro atoms. The Morgan fingerprint density at radius 1 is 1.24 bits per heavy atom. The molecule has 1 aromatic heterocycles. The number of halogens is 1. The number of para-hydroxylation sites is 1. The van der Waals surface area contributed by atoms with Crippen molar-refractivity contribution in [2.45, 2.75) is 38.0 Å². The summed E-state index contributed by atoms with van der Waals surface area (Å²) in [6.07, 6.45) is 3.42. The Hall–Kier alpha value is -4.12. The molecular weight excluding hydrogens is 495 g/mol.